The summed E-state index contributed by atoms with van der Waals surface area (Å²) < 4.78 is 34.1. The van der Waals surface area contributed by atoms with Crippen LogP contribution in [0.2, 0.25) is 0 Å². The molecule has 0 saturated carbocycles. The van der Waals surface area contributed by atoms with Crippen molar-refractivity contribution in [1.82, 2.24) is 0 Å². The summed E-state index contributed by atoms with van der Waals surface area (Å²) in [6, 6.07) is 0. The summed E-state index contributed by atoms with van der Waals surface area (Å²) in [5.41, 5.74) is 0. The van der Waals surface area contributed by atoms with Crippen molar-refractivity contribution in [2.24, 2.45) is 0 Å². The van der Waals surface area contributed by atoms with Gasteiger partial charge in [0.25, 0.3) is 0 Å². The fourth-order valence-corrected chi connectivity index (χ4v) is 0. The van der Waals surface area contributed by atoms with Crippen molar-refractivity contribution in [2.45, 2.75) is 0 Å². The van der Waals surface area contributed by atoms with Crippen molar-refractivity contribution >= 4 is 37.7 Å². The van der Waals surface area contributed by atoms with Gasteiger partial charge in [-0.05, 0) is 0 Å². The first-order chi connectivity index (χ1) is 2.00. The van der Waals surface area contributed by atoms with E-state index in [4.69, 9.17) is 17.5 Å². The average Bonchev–Trinajstić information content (AvgIpc) is 0.722. The Kier molecular flexibility index (Phi) is 23.6. The smallest absolute Gasteiger partial charge is 2.00 e. The van der Waals surface area contributed by atoms with Gasteiger partial charge in [0.2, 0.25) is 0 Å². The van der Waals surface area contributed by atoms with Crippen molar-refractivity contribution in [3.63, 3.8) is 0 Å². The summed E-state index contributed by atoms with van der Waals surface area (Å²) in [6.45, 7) is 0. The van der Waals surface area contributed by atoms with Crippen molar-refractivity contribution in [3.05, 3.63) is 0 Å². The molecule has 0 saturated heterocycles. The van der Waals surface area contributed by atoms with E-state index in [2.05, 4.69) is 0 Å². The first-order valence-electron chi connectivity index (χ1n) is 0.667. The van der Waals surface area contributed by atoms with E-state index in [9.17, 15) is 0 Å². The fourth-order valence-electron chi connectivity index (χ4n) is 0. The van der Waals surface area contributed by atoms with E-state index in [1.165, 1.54) is 0 Å². The molecule has 8 heteroatoms. The van der Waals surface area contributed by atoms with Gasteiger partial charge >= 0.3 is 44.7 Å². The molecule has 0 aromatic carbocycles. The van der Waals surface area contributed by atoms with Gasteiger partial charge in [0.15, 0.2) is 0 Å². The third kappa shape index (κ3) is 174. The third-order valence-corrected chi connectivity index (χ3v) is 0. The van der Waals surface area contributed by atoms with Gasteiger partial charge in [-0.25, -0.2) is 0 Å². The predicted molar refractivity (Wildman–Crippen MR) is 16.9 cm³/mol. The molecule has 0 aliphatic heterocycles. The molecule has 0 amide bonds. The summed E-state index contributed by atoms with van der Waals surface area (Å²) in [5, 5.41) is 0. The molecule has 0 spiro atoms. The van der Waals surface area contributed by atoms with Gasteiger partial charge in [-0.15, -0.1) is 0 Å². The minimum atomic E-state index is -5.17. The molecule has 0 atom stereocenters. The Hall–Kier alpha value is 1.28. The van der Waals surface area contributed by atoms with E-state index in [1.54, 1.807) is 0 Å². The van der Waals surface area contributed by atoms with Crippen LogP contribution in [-0.2, 0) is 33.2 Å². The topological polar surface area (TPSA) is 109 Å². The minimum Gasteiger partial charge on any atom is -2.00 e. The predicted octanol–water partition coefficient (Wildman–Crippen LogP) is -1.84. The SMILES string of the molecule is O=S(=O)([O-])[O-].[Cr+3].[O-2].[Pb+2]. The van der Waals surface area contributed by atoms with Crippen molar-refractivity contribution in [3.8, 4) is 0 Å². The number of rotatable bonds is 0. The molecular formula is CrO5PbS+. The van der Waals surface area contributed by atoms with Gasteiger partial charge < -0.3 is 14.6 Å². The van der Waals surface area contributed by atoms with Crippen LogP contribution >= 0.6 is 0 Å². The summed E-state index contributed by atoms with van der Waals surface area (Å²) in [7, 11) is -5.17. The van der Waals surface area contributed by atoms with Crippen LogP contribution in [0.1, 0.15) is 0 Å². The van der Waals surface area contributed by atoms with E-state index in [0.29, 0.717) is 0 Å². The standard InChI is InChI=1S/Cr.H2O4S.O.Pb/c;1-5(2,3)4;;/h;(H2,1,2,3,4);;/q+3;;-2;+2/p-2. The fraction of sp³-hybridized carbons (Fsp3) is 0. The number of hydrogen-bond acceptors (Lipinski definition) is 4. The molecule has 0 unspecified atom stereocenters. The second-order valence-electron chi connectivity index (χ2n) is 0.408. The molecule has 0 heterocycles. The Labute approximate surface area is 77.6 Å². The average molecular weight is 371 g/mol. The Bertz CT molecular complexity index is 95.6. The zero-order chi connectivity index (χ0) is 4.50. The molecule has 45 valence electrons. The van der Waals surface area contributed by atoms with E-state index in [1.807, 2.05) is 0 Å². The van der Waals surface area contributed by atoms with Crippen molar-refractivity contribution in [1.29, 1.82) is 0 Å². The Morgan fingerprint density at radius 1 is 1.12 bits per heavy atom. The van der Waals surface area contributed by atoms with Crippen LogP contribution in [0.3, 0.4) is 0 Å². The Balaban J connectivity index is -0.0000000267. The minimum absolute atomic E-state index is 0. The van der Waals surface area contributed by atoms with Crippen LogP contribution in [0.4, 0.5) is 0 Å². The second kappa shape index (κ2) is 8.28. The maximum absolute atomic E-state index is 8.52. The van der Waals surface area contributed by atoms with E-state index in [0.717, 1.165) is 0 Å². The van der Waals surface area contributed by atoms with Gasteiger partial charge in [-0.3, -0.25) is 8.42 Å². The molecule has 3 radical (unpaired) electrons. The quantitative estimate of drug-likeness (QED) is 0.283. The maximum atomic E-state index is 8.52. The third-order valence-electron chi connectivity index (χ3n) is 0. The second-order valence-corrected chi connectivity index (χ2v) is 1.22. The van der Waals surface area contributed by atoms with E-state index in [-0.39, 0.29) is 50.1 Å². The Morgan fingerprint density at radius 2 is 1.12 bits per heavy atom. The first-order valence-corrected chi connectivity index (χ1v) is 2.00. The van der Waals surface area contributed by atoms with Crippen molar-refractivity contribution < 1.29 is 40.4 Å². The van der Waals surface area contributed by atoms with Crippen LogP contribution in [0, 0.1) is 0 Å². The van der Waals surface area contributed by atoms with Gasteiger partial charge in [0.1, 0.15) is 0 Å². The summed E-state index contributed by atoms with van der Waals surface area (Å²) >= 11 is 0. The molecule has 8 heavy (non-hydrogen) atoms. The summed E-state index contributed by atoms with van der Waals surface area (Å²) in [6.07, 6.45) is 0. The molecule has 0 N–H and O–H groups in total. The molecular weight excluding hydrogens is 371 g/mol. The first kappa shape index (κ1) is 22.8. The Morgan fingerprint density at radius 3 is 1.12 bits per heavy atom. The number of hydrogen-bond donors (Lipinski definition) is 0. The molecule has 0 aromatic rings. The van der Waals surface area contributed by atoms with E-state index >= 15 is 0 Å². The van der Waals surface area contributed by atoms with Crippen molar-refractivity contribution in [2.75, 3.05) is 0 Å². The van der Waals surface area contributed by atoms with E-state index < -0.39 is 10.4 Å². The molecule has 0 aliphatic rings. The van der Waals surface area contributed by atoms with Gasteiger partial charge in [0.05, 0.1) is 0 Å². The van der Waals surface area contributed by atoms with Crippen LogP contribution in [0.5, 0.6) is 0 Å². The molecule has 0 fully saturated rings. The summed E-state index contributed by atoms with van der Waals surface area (Å²) in [4.78, 5) is 0. The van der Waals surface area contributed by atoms with Crippen LogP contribution in [0.25, 0.3) is 0 Å². The monoisotopic (exact) mass is 372 g/mol. The molecule has 0 aliphatic carbocycles. The molecule has 0 rings (SSSR count). The van der Waals surface area contributed by atoms with Crippen LogP contribution < -0.4 is 0 Å². The van der Waals surface area contributed by atoms with Gasteiger partial charge in [-0.2, -0.15) is 0 Å². The summed E-state index contributed by atoms with van der Waals surface area (Å²) in [5.74, 6) is 0. The van der Waals surface area contributed by atoms with Gasteiger partial charge in [-0.1, -0.05) is 0 Å². The molecule has 0 aromatic heterocycles. The molecule has 5 nitrogen and oxygen atoms in total. The largest absolute Gasteiger partial charge is 3.00 e. The van der Waals surface area contributed by atoms with Gasteiger partial charge in [0, 0.05) is 10.4 Å². The zero-order valence-corrected chi connectivity index (χ0v) is 9.34. The van der Waals surface area contributed by atoms with Crippen LogP contribution in [-0.4, -0.2) is 44.8 Å². The maximum Gasteiger partial charge on any atom is 3.00 e. The normalized spacial score (nSPS) is 7.25. The van der Waals surface area contributed by atoms with Crippen LogP contribution in [0.15, 0.2) is 0 Å². The zero-order valence-electron chi connectivity index (χ0n) is 3.36. The molecule has 0 bridgehead atoms.